The van der Waals surface area contributed by atoms with Crippen LogP contribution in [0.1, 0.15) is 17.0 Å². The van der Waals surface area contributed by atoms with Crippen LogP contribution in [-0.4, -0.2) is 4.98 Å². The van der Waals surface area contributed by atoms with Gasteiger partial charge in [-0.15, -0.1) is 11.3 Å². The second kappa shape index (κ2) is 2.39. The predicted molar refractivity (Wildman–Crippen MR) is 44.8 cm³/mol. The first kappa shape index (κ1) is 5.86. The van der Waals surface area contributed by atoms with Gasteiger partial charge in [0, 0.05) is 0 Å². The maximum Gasteiger partial charge on any atom is 0.0808 e. The molecule has 1 aliphatic rings. The van der Waals surface area contributed by atoms with Crippen LogP contribution in [0.25, 0.3) is 12.2 Å². The lowest BCUT2D eigenvalue weighted by atomic mass is 10.3. The highest BCUT2D eigenvalue weighted by atomic mass is 32.1. The fraction of sp³-hybridized carbons (Fsp3) is 0.125. The van der Waals surface area contributed by atoms with Gasteiger partial charge in [0.1, 0.15) is 0 Å². The van der Waals surface area contributed by atoms with Crippen molar-refractivity contribution in [3.8, 4) is 0 Å². The first-order valence-corrected chi connectivity index (χ1v) is 4.11. The van der Waals surface area contributed by atoms with Crippen molar-refractivity contribution >= 4 is 23.5 Å². The van der Waals surface area contributed by atoms with Gasteiger partial charge in [0.15, 0.2) is 0 Å². The minimum atomic E-state index is 1.03. The molecule has 0 radical (unpaired) electrons. The van der Waals surface area contributed by atoms with Crippen LogP contribution in [0.2, 0.25) is 0 Å². The van der Waals surface area contributed by atoms with Gasteiger partial charge >= 0.3 is 0 Å². The molecule has 10 heavy (non-hydrogen) atoms. The Labute approximate surface area is 63.7 Å². The smallest absolute Gasteiger partial charge is 0.0808 e. The third-order valence-corrected chi connectivity index (χ3v) is 2.25. The summed E-state index contributed by atoms with van der Waals surface area (Å²) in [5.74, 6) is 0. The summed E-state index contributed by atoms with van der Waals surface area (Å²) in [6.07, 6.45) is 9.52. The highest BCUT2D eigenvalue weighted by Gasteiger charge is 1.99. The summed E-state index contributed by atoms with van der Waals surface area (Å²) in [7, 11) is 0. The lowest BCUT2D eigenvalue weighted by Crippen LogP contribution is -1.70. The number of rotatable bonds is 0. The van der Waals surface area contributed by atoms with Crippen LogP contribution in [0, 0.1) is 0 Å². The van der Waals surface area contributed by atoms with E-state index >= 15 is 0 Å². The summed E-state index contributed by atoms with van der Waals surface area (Å²) < 4.78 is 0. The molecule has 2 heteroatoms. The SMILES string of the molecule is C1=Cc2ncsc2C=CC1. The summed E-state index contributed by atoms with van der Waals surface area (Å²) in [4.78, 5) is 5.47. The van der Waals surface area contributed by atoms with Gasteiger partial charge in [-0.3, -0.25) is 0 Å². The molecule has 2 rings (SSSR count). The van der Waals surface area contributed by atoms with E-state index in [0.717, 1.165) is 12.1 Å². The van der Waals surface area contributed by atoms with Crippen molar-refractivity contribution in [2.45, 2.75) is 6.42 Å². The number of allylic oxidation sites excluding steroid dienone is 2. The Bertz CT molecular complexity index is 257. The minimum Gasteiger partial charge on any atom is -0.245 e. The number of hydrogen-bond acceptors (Lipinski definition) is 2. The molecule has 0 N–H and O–H groups in total. The van der Waals surface area contributed by atoms with Crippen LogP contribution in [0.15, 0.2) is 17.7 Å². The third kappa shape index (κ3) is 0.907. The Balaban J connectivity index is 2.56. The highest BCUT2D eigenvalue weighted by molar-refractivity contribution is 7.10. The van der Waals surface area contributed by atoms with E-state index in [1.54, 1.807) is 11.3 Å². The zero-order chi connectivity index (χ0) is 6.81. The molecule has 1 aliphatic carbocycles. The van der Waals surface area contributed by atoms with E-state index in [-0.39, 0.29) is 0 Å². The Morgan fingerprint density at radius 3 is 3.20 bits per heavy atom. The van der Waals surface area contributed by atoms with E-state index in [2.05, 4.69) is 29.3 Å². The van der Waals surface area contributed by atoms with E-state index in [1.165, 1.54) is 4.88 Å². The van der Waals surface area contributed by atoms with Gasteiger partial charge in [0.2, 0.25) is 0 Å². The van der Waals surface area contributed by atoms with Crippen molar-refractivity contribution in [3.05, 3.63) is 28.2 Å². The molecular formula is C8H7NS. The van der Waals surface area contributed by atoms with Crippen LogP contribution in [0.4, 0.5) is 0 Å². The van der Waals surface area contributed by atoms with Crippen molar-refractivity contribution in [2.24, 2.45) is 0 Å². The molecule has 0 bridgehead atoms. The molecule has 0 amide bonds. The number of hydrogen-bond donors (Lipinski definition) is 0. The van der Waals surface area contributed by atoms with Crippen LogP contribution in [0.3, 0.4) is 0 Å². The van der Waals surface area contributed by atoms with Crippen molar-refractivity contribution in [1.29, 1.82) is 0 Å². The predicted octanol–water partition coefficient (Wildman–Crippen LogP) is 2.57. The Hall–Kier alpha value is -0.890. The van der Waals surface area contributed by atoms with E-state index in [4.69, 9.17) is 0 Å². The second-order valence-electron chi connectivity index (χ2n) is 2.14. The molecule has 0 fully saturated rings. The Morgan fingerprint density at radius 1 is 1.30 bits per heavy atom. The van der Waals surface area contributed by atoms with Gasteiger partial charge in [-0.2, -0.15) is 0 Å². The average Bonchev–Trinajstić information content (AvgIpc) is 2.28. The van der Waals surface area contributed by atoms with E-state index in [9.17, 15) is 0 Å². The largest absolute Gasteiger partial charge is 0.245 e. The number of aromatic nitrogens is 1. The molecule has 0 unspecified atom stereocenters. The van der Waals surface area contributed by atoms with Gasteiger partial charge in [-0.25, -0.2) is 4.98 Å². The summed E-state index contributed by atoms with van der Waals surface area (Å²) >= 11 is 1.69. The molecular weight excluding hydrogens is 142 g/mol. The molecule has 1 heterocycles. The van der Waals surface area contributed by atoms with Gasteiger partial charge < -0.3 is 0 Å². The summed E-state index contributed by atoms with van der Waals surface area (Å²) in [6.45, 7) is 0. The first-order valence-electron chi connectivity index (χ1n) is 3.23. The van der Waals surface area contributed by atoms with Gasteiger partial charge in [-0.1, -0.05) is 12.2 Å². The minimum absolute atomic E-state index is 1.03. The average molecular weight is 149 g/mol. The Morgan fingerprint density at radius 2 is 2.20 bits per heavy atom. The van der Waals surface area contributed by atoms with E-state index in [0.29, 0.717) is 0 Å². The molecule has 1 nitrogen and oxygen atoms in total. The summed E-state index contributed by atoms with van der Waals surface area (Å²) in [5.41, 5.74) is 2.99. The number of thiazole rings is 1. The van der Waals surface area contributed by atoms with E-state index < -0.39 is 0 Å². The molecule has 0 saturated heterocycles. The second-order valence-corrected chi connectivity index (χ2v) is 3.03. The maximum absolute atomic E-state index is 4.20. The molecule has 1 aromatic rings. The summed E-state index contributed by atoms with van der Waals surface area (Å²) in [6, 6.07) is 0. The standard InChI is InChI=1S/C8H7NS/c1-2-4-7-8(5-3-1)10-6-9-7/h2-6H,1H2. The first-order chi connectivity index (χ1) is 4.97. The summed E-state index contributed by atoms with van der Waals surface area (Å²) in [5, 5.41) is 0. The molecule has 0 spiro atoms. The Kier molecular flexibility index (Phi) is 1.40. The van der Waals surface area contributed by atoms with Crippen molar-refractivity contribution in [3.63, 3.8) is 0 Å². The van der Waals surface area contributed by atoms with Crippen molar-refractivity contribution in [1.82, 2.24) is 4.98 Å². The number of fused-ring (bicyclic) bond motifs is 1. The fourth-order valence-corrected chi connectivity index (χ4v) is 1.64. The van der Waals surface area contributed by atoms with Crippen LogP contribution >= 0.6 is 11.3 Å². The third-order valence-electron chi connectivity index (χ3n) is 1.44. The van der Waals surface area contributed by atoms with Gasteiger partial charge in [-0.05, 0) is 18.6 Å². The van der Waals surface area contributed by atoms with Crippen molar-refractivity contribution < 1.29 is 0 Å². The molecule has 0 atom stereocenters. The fourth-order valence-electron chi connectivity index (χ4n) is 0.947. The topological polar surface area (TPSA) is 12.9 Å². The molecule has 0 saturated carbocycles. The van der Waals surface area contributed by atoms with Crippen LogP contribution < -0.4 is 0 Å². The zero-order valence-corrected chi connectivity index (χ0v) is 6.27. The quantitative estimate of drug-likeness (QED) is 0.552. The molecule has 0 aromatic carbocycles. The van der Waals surface area contributed by atoms with Gasteiger partial charge in [0.05, 0.1) is 16.1 Å². The van der Waals surface area contributed by atoms with E-state index in [1.807, 2.05) is 5.51 Å². The van der Waals surface area contributed by atoms with Crippen LogP contribution in [0.5, 0.6) is 0 Å². The lowest BCUT2D eigenvalue weighted by Gasteiger charge is -1.82. The van der Waals surface area contributed by atoms with Crippen LogP contribution in [-0.2, 0) is 0 Å². The van der Waals surface area contributed by atoms with Crippen molar-refractivity contribution in [2.75, 3.05) is 0 Å². The molecule has 0 aliphatic heterocycles. The maximum atomic E-state index is 4.20. The van der Waals surface area contributed by atoms with Gasteiger partial charge in [0.25, 0.3) is 0 Å². The lowest BCUT2D eigenvalue weighted by molar-refractivity contribution is 1.37. The molecule has 1 aromatic heterocycles. The highest BCUT2D eigenvalue weighted by Crippen LogP contribution is 2.19. The molecule has 50 valence electrons. The zero-order valence-electron chi connectivity index (χ0n) is 5.45. The monoisotopic (exact) mass is 149 g/mol. The number of nitrogens with zero attached hydrogens (tertiary/aromatic N) is 1. The normalized spacial score (nSPS) is 14.8.